The van der Waals surface area contributed by atoms with E-state index in [2.05, 4.69) is 18.7 Å². The van der Waals surface area contributed by atoms with E-state index in [1.807, 2.05) is 24.3 Å². The quantitative estimate of drug-likeness (QED) is 0.934. The number of rotatable bonds is 3. The van der Waals surface area contributed by atoms with Crippen molar-refractivity contribution in [3.05, 3.63) is 35.6 Å². The number of benzene rings is 1. The second-order valence-corrected chi connectivity index (χ2v) is 6.68. The van der Waals surface area contributed by atoms with Crippen LogP contribution in [0.2, 0.25) is 0 Å². The van der Waals surface area contributed by atoms with Crippen molar-refractivity contribution >= 4 is 16.9 Å². The van der Waals surface area contributed by atoms with Gasteiger partial charge in [0.25, 0.3) is 0 Å². The first kappa shape index (κ1) is 14.1. The third kappa shape index (κ3) is 2.81. The fourth-order valence-electron chi connectivity index (χ4n) is 3.32. The van der Waals surface area contributed by atoms with Crippen molar-refractivity contribution in [3.8, 4) is 0 Å². The molecule has 3 rings (SSSR count). The van der Waals surface area contributed by atoms with Crippen LogP contribution in [0.4, 0.5) is 0 Å². The molecule has 0 bridgehead atoms. The maximum atomic E-state index is 11.6. The monoisotopic (exact) mass is 287 g/mol. The number of carboxylic acid groups (broad SMARTS) is 1. The summed E-state index contributed by atoms with van der Waals surface area (Å²) >= 11 is 0. The Balaban J connectivity index is 1.93. The molecule has 1 N–H and O–H groups in total. The predicted molar refractivity (Wildman–Crippen MR) is 81.5 cm³/mol. The summed E-state index contributed by atoms with van der Waals surface area (Å²) in [6.45, 7) is 7.06. The minimum Gasteiger partial charge on any atom is -0.478 e. The van der Waals surface area contributed by atoms with Crippen LogP contribution in [0.1, 0.15) is 42.8 Å². The molecule has 0 radical (unpaired) electrons. The van der Waals surface area contributed by atoms with Crippen molar-refractivity contribution in [1.29, 1.82) is 0 Å². The number of furan rings is 1. The van der Waals surface area contributed by atoms with Gasteiger partial charge in [0.05, 0.1) is 6.54 Å². The summed E-state index contributed by atoms with van der Waals surface area (Å²) < 4.78 is 5.81. The number of aromatic carboxylic acids is 1. The normalized spacial score (nSPS) is 19.0. The number of hydrogen-bond acceptors (Lipinski definition) is 3. The van der Waals surface area contributed by atoms with Crippen LogP contribution >= 0.6 is 0 Å². The van der Waals surface area contributed by atoms with Gasteiger partial charge in [-0.2, -0.15) is 0 Å². The van der Waals surface area contributed by atoms with Crippen molar-refractivity contribution in [3.63, 3.8) is 0 Å². The highest BCUT2D eigenvalue weighted by Crippen LogP contribution is 2.32. The van der Waals surface area contributed by atoms with Crippen LogP contribution in [0.5, 0.6) is 0 Å². The second-order valence-electron chi connectivity index (χ2n) is 6.68. The third-order valence-corrected chi connectivity index (χ3v) is 4.23. The highest BCUT2D eigenvalue weighted by atomic mass is 16.4. The first-order valence-electron chi connectivity index (χ1n) is 7.42. The van der Waals surface area contributed by atoms with E-state index in [1.165, 1.54) is 6.42 Å². The van der Waals surface area contributed by atoms with Gasteiger partial charge in [-0.15, -0.1) is 0 Å². The summed E-state index contributed by atoms with van der Waals surface area (Å²) in [7, 11) is 0. The van der Waals surface area contributed by atoms with E-state index in [9.17, 15) is 9.90 Å². The summed E-state index contributed by atoms with van der Waals surface area (Å²) in [4.78, 5) is 13.9. The largest absolute Gasteiger partial charge is 0.478 e. The van der Waals surface area contributed by atoms with Crippen molar-refractivity contribution in [2.45, 2.75) is 33.2 Å². The summed E-state index contributed by atoms with van der Waals surface area (Å²) in [5.74, 6) is -0.340. The summed E-state index contributed by atoms with van der Waals surface area (Å²) in [6.07, 6.45) is 2.37. The molecular formula is C17H21NO3. The SMILES string of the molecule is CC1(C)CCCN(Cc2oc3ccccc3c2C(=O)O)C1. The lowest BCUT2D eigenvalue weighted by molar-refractivity contribution is 0.0690. The van der Waals surface area contributed by atoms with Crippen LogP contribution in [-0.2, 0) is 6.54 Å². The van der Waals surface area contributed by atoms with Crippen molar-refractivity contribution in [2.24, 2.45) is 5.41 Å². The van der Waals surface area contributed by atoms with Crippen LogP contribution in [0, 0.1) is 5.41 Å². The molecule has 0 saturated carbocycles. The van der Waals surface area contributed by atoms with Crippen molar-refractivity contribution in [2.75, 3.05) is 13.1 Å². The Morgan fingerprint density at radius 1 is 1.38 bits per heavy atom. The molecule has 4 nitrogen and oxygen atoms in total. The fourth-order valence-corrected chi connectivity index (χ4v) is 3.32. The van der Waals surface area contributed by atoms with Gasteiger partial charge in [-0.3, -0.25) is 4.90 Å². The van der Waals surface area contributed by atoms with E-state index in [0.717, 1.165) is 19.5 Å². The second kappa shape index (κ2) is 5.19. The zero-order valence-corrected chi connectivity index (χ0v) is 12.6. The van der Waals surface area contributed by atoms with Gasteiger partial charge in [0.2, 0.25) is 0 Å². The van der Waals surface area contributed by atoms with Crippen LogP contribution in [0.25, 0.3) is 11.0 Å². The molecule has 0 spiro atoms. The minimum atomic E-state index is -0.911. The van der Waals surface area contributed by atoms with Crippen molar-refractivity contribution < 1.29 is 14.3 Å². The Kier molecular flexibility index (Phi) is 3.49. The fraction of sp³-hybridized carbons (Fsp3) is 0.471. The highest BCUT2D eigenvalue weighted by molar-refractivity contribution is 6.03. The number of piperidine rings is 1. The molecule has 2 heterocycles. The van der Waals surface area contributed by atoms with E-state index >= 15 is 0 Å². The van der Waals surface area contributed by atoms with E-state index < -0.39 is 5.97 Å². The number of carboxylic acids is 1. The molecule has 21 heavy (non-hydrogen) atoms. The zero-order valence-electron chi connectivity index (χ0n) is 12.6. The first-order chi connectivity index (χ1) is 9.96. The molecule has 1 aliphatic rings. The third-order valence-electron chi connectivity index (χ3n) is 4.23. The minimum absolute atomic E-state index is 0.285. The molecule has 1 aromatic carbocycles. The van der Waals surface area contributed by atoms with Gasteiger partial charge in [-0.05, 0) is 30.9 Å². The molecule has 1 aliphatic heterocycles. The van der Waals surface area contributed by atoms with Crippen LogP contribution in [-0.4, -0.2) is 29.1 Å². The number of likely N-dealkylation sites (tertiary alicyclic amines) is 1. The van der Waals surface area contributed by atoms with Crippen LogP contribution < -0.4 is 0 Å². The average Bonchev–Trinajstić information content (AvgIpc) is 2.75. The number of nitrogens with zero attached hydrogens (tertiary/aromatic N) is 1. The number of fused-ring (bicyclic) bond motifs is 1. The molecule has 1 saturated heterocycles. The maximum Gasteiger partial charge on any atom is 0.339 e. The zero-order chi connectivity index (χ0) is 15.0. The first-order valence-corrected chi connectivity index (χ1v) is 7.42. The van der Waals surface area contributed by atoms with E-state index in [0.29, 0.717) is 28.8 Å². The van der Waals surface area contributed by atoms with Gasteiger partial charge in [0, 0.05) is 11.9 Å². The molecule has 0 unspecified atom stereocenters. The summed E-state index contributed by atoms with van der Waals surface area (Å²) in [5, 5.41) is 10.2. The van der Waals surface area contributed by atoms with Crippen molar-refractivity contribution in [1.82, 2.24) is 4.90 Å². The highest BCUT2D eigenvalue weighted by Gasteiger charge is 2.28. The van der Waals surface area contributed by atoms with E-state index in [4.69, 9.17) is 4.42 Å². The molecule has 0 amide bonds. The lowest BCUT2D eigenvalue weighted by atomic mass is 9.84. The Morgan fingerprint density at radius 2 is 2.14 bits per heavy atom. The molecule has 112 valence electrons. The average molecular weight is 287 g/mol. The Labute approximate surface area is 124 Å². The van der Waals surface area contributed by atoms with Gasteiger partial charge < -0.3 is 9.52 Å². The van der Waals surface area contributed by atoms with Gasteiger partial charge in [0.15, 0.2) is 0 Å². The van der Waals surface area contributed by atoms with Gasteiger partial charge >= 0.3 is 5.97 Å². The Morgan fingerprint density at radius 3 is 2.86 bits per heavy atom. The lowest BCUT2D eigenvalue weighted by Gasteiger charge is -2.37. The van der Waals surface area contributed by atoms with Crippen LogP contribution in [0.15, 0.2) is 28.7 Å². The Hall–Kier alpha value is -1.81. The van der Waals surface area contributed by atoms with Gasteiger partial charge in [-0.1, -0.05) is 32.0 Å². The molecule has 1 aromatic heterocycles. The molecule has 4 heteroatoms. The number of carbonyl (C=O) groups is 1. The van der Waals surface area contributed by atoms with Gasteiger partial charge in [0.1, 0.15) is 16.9 Å². The summed E-state index contributed by atoms with van der Waals surface area (Å²) in [5.41, 5.74) is 1.25. The smallest absolute Gasteiger partial charge is 0.339 e. The molecular weight excluding hydrogens is 266 g/mol. The number of hydrogen-bond donors (Lipinski definition) is 1. The van der Waals surface area contributed by atoms with Gasteiger partial charge in [-0.25, -0.2) is 4.79 Å². The standard InChI is InChI=1S/C17H21NO3/c1-17(2)8-5-9-18(11-17)10-14-15(16(19)20)12-6-3-4-7-13(12)21-14/h3-4,6-7H,5,8-11H2,1-2H3,(H,19,20). The predicted octanol–water partition coefficient (Wildman–Crippen LogP) is 3.75. The molecule has 1 fully saturated rings. The summed E-state index contributed by atoms with van der Waals surface area (Å²) in [6, 6.07) is 7.35. The molecule has 0 atom stereocenters. The molecule has 2 aromatic rings. The maximum absolute atomic E-state index is 11.6. The lowest BCUT2D eigenvalue weighted by Crippen LogP contribution is -2.39. The topological polar surface area (TPSA) is 53.7 Å². The Bertz CT molecular complexity index is 672. The molecule has 0 aliphatic carbocycles. The van der Waals surface area contributed by atoms with E-state index in [1.54, 1.807) is 0 Å². The number of para-hydroxylation sites is 1. The van der Waals surface area contributed by atoms with Crippen LogP contribution in [0.3, 0.4) is 0 Å². The van der Waals surface area contributed by atoms with E-state index in [-0.39, 0.29) is 5.41 Å².